The molecule has 4 nitrogen and oxygen atoms in total. The Bertz CT molecular complexity index is 960. The van der Waals surface area contributed by atoms with Crippen LogP contribution in [0.4, 0.5) is 4.79 Å². The van der Waals surface area contributed by atoms with Crippen LogP contribution >= 0.6 is 0 Å². The van der Waals surface area contributed by atoms with Gasteiger partial charge in [0, 0.05) is 29.6 Å². The molecule has 0 saturated carbocycles. The number of carbonyl (C=O) groups is 1. The van der Waals surface area contributed by atoms with Crippen LogP contribution in [0, 0.1) is 0 Å². The molecule has 1 saturated heterocycles. The molecule has 5 rings (SSSR count). The van der Waals surface area contributed by atoms with E-state index in [1.165, 1.54) is 11.1 Å². The van der Waals surface area contributed by atoms with Gasteiger partial charge in [0.1, 0.15) is 17.2 Å². The van der Waals surface area contributed by atoms with Crippen LogP contribution in [0.5, 0.6) is 17.2 Å². The quantitative estimate of drug-likeness (QED) is 0.577. The van der Waals surface area contributed by atoms with Gasteiger partial charge in [0.2, 0.25) is 0 Å². The average molecular weight is 371 g/mol. The number of nitrogens with zero attached hydrogens (tertiary/aromatic N) is 1. The van der Waals surface area contributed by atoms with Crippen molar-refractivity contribution in [2.75, 3.05) is 13.1 Å². The number of hydrogen-bond acceptors (Lipinski definition) is 3. The number of amides is 1. The second-order valence-electron chi connectivity index (χ2n) is 7.34. The first-order valence-electron chi connectivity index (χ1n) is 9.65. The molecule has 0 bridgehead atoms. The SMILES string of the molecule is O=C(Oc1ccccc1)N1CCC2(CC1)c1ccccc1Oc1ccccc12. The standard InChI is InChI=1S/C24H21NO3/c26-23(27-18-8-2-1-3-9-18)25-16-14-24(15-17-25)19-10-4-6-12-21(19)28-22-13-7-5-11-20(22)24/h1-13H,14-17H2. The lowest BCUT2D eigenvalue weighted by Crippen LogP contribution is -2.47. The first-order chi connectivity index (χ1) is 13.8. The summed E-state index contributed by atoms with van der Waals surface area (Å²) in [6.07, 6.45) is 1.40. The number of rotatable bonds is 1. The lowest BCUT2D eigenvalue weighted by Gasteiger charge is -2.45. The molecule has 28 heavy (non-hydrogen) atoms. The molecule has 0 unspecified atom stereocenters. The number of para-hydroxylation sites is 3. The van der Waals surface area contributed by atoms with Crippen LogP contribution in [-0.2, 0) is 5.41 Å². The molecule has 0 aromatic heterocycles. The van der Waals surface area contributed by atoms with Gasteiger partial charge in [-0.1, -0.05) is 54.6 Å². The summed E-state index contributed by atoms with van der Waals surface area (Å²) in [7, 11) is 0. The maximum Gasteiger partial charge on any atom is 0.415 e. The molecule has 2 aliphatic rings. The van der Waals surface area contributed by atoms with Crippen LogP contribution in [0.1, 0.15) is 24.0 Å². The molecule has 4 heteroatoms. The van der Waals surface area contributed by atoms with Crippen molar-refractivity contribution in [3.05, 3.63) is 90.0 Å². The zero-order valence-corrected chi connectivity index (χ0v) is 15.5. The van der Waals surface area contributed by atoms with Gasteiger partial charge in [0.25, 0.3) is 0 Å². The van der Waals surface area contributed by atoms with Crippen molar-refractivity contribution in [3.8, 4) is 17.2 Å². The summed E-state index contributed by atoms with van der Waals surface area (Å²) in [6, 6.07) is 25.7. The lowest BCUT2D eigenvalue weighted by atomic mass is 9.66. The number of piperidine rings is 1. The molecule has 1 fully saturated rings. The summed E-state index contributed by atoms with van der Waals surface area (Å²) in [6.45, 7) is 1.29. The van der Waals surface area contributed by atoms with Gasteiger partial charge < -0.3 is 14.4 Å². The van der Waals surface area contributed by atoms with E-state index < -0.39 is 0 Å². The Morgan fingerprint density at radius 3 is 1.93 bits per heavy atom. The normalized spacial score (nSPS) is 16.6. The van der Waals surface area contributed by atoms with Gasteiger partial charge in [-0.25, -0.2) is 4.79 Å². The van der Waals surface area contributed by atoms with E-state index in [0.29, 0.717) is 18.8 Å². The van der Waals surface area contributed by atoms with E-state index >= 15 is 0 Å². The Morgan fingerprint density at radius 2 is 1.32 bits per heavy atom. The van der Waals surface area contributed by atoms with Gasteiger partial charge >= 0.3 is 6.09 Å². The molecule has 1 spiro atoms. The summed E-state index contributed by atoms with van der Waals surface area (Å²) in [5.41, 5.74) is 2.30. The summed E-state index contributed by atoms with van der Waals surface area (Å²) in [5.74, 6) is 2.41. The van der Waals surface area contributed by atoms with E-state index in [0.717, 1.165) is 24.3 Å². The highest BCUT2D eigenvalue weighted by atomic mass is 16.6. The summed E-state index contributed by atoms with van der Waals surface area (Å²) in [5, 5.41) is 0. The molecule has 2 heterocycles. The number of benzene rings is 3. The highest BCUT2D eigenvalue weighted by Crippen LogP contribution is 2.52. The van der Waals surface area contributed by atoms with Gasteiger partial charge in [0.15, 0.2) is 0 Å². The topological polar surface area (TPSA) is 38.8 Å². The molecule has 3 aromatic carbocycles. The van der Waals surface area contributed by atoms with Gasteiger partial charge in [-0.15, -0.1) is 0 Å². The third kappa shape index (κ3) is 2.73. The van der Waals surface area contributed by atoms with E-state index in [1.54, 1.807) is 17.0 Å². The summed E-state index contributed by atoms with van der Waals surface area (Å²) in [4.78, 5) is 14.4. The molecule has 2 aliphatic heterocycles. The van der Waals surface area contributed by atoms with E-state index in [9.17, 15) is 4.79 Å². The van der Waals surface area contributed by atoms with Crippen LogP contribution in [0.25, 0.3) is 0 Å². The first-order valence-corrected chi connectivity index (χ1v) is 9.65. The minimum atomic E-state index is -0.283. The highest BCUT2D eigenvalue weighted by Gasteiger charge is 2.44. The van der Waals surface area contributed by atoms with Gasteiger partial charge in [-0.05, 0) is 37.1 Å². The van der Waals surface area contributed by atoms with Crippen molar-refractivity contribution in [1.29, 1.82) is 0 Å². The molecular weight excluding hydrogens is 350 g/mol. The highest BCUT2D eigenvalue weighted by molar-refractivity contribution is 5.71. The van der Waals surface area contributed by atoms with Crippen molar-refractivity contribution in [1.82, 2.24) is 4.90 Å². The Hall–Kier alpha value is -3.27. The fourth-order valence-corrected chi connectivity index (χ4v) is 4.43. The third-order valence-corrected chi connectivity index (χ3v) is 5.85. The molecule has 140 valence electrons. The van der Waals surface area contributed by atoms with Crippen molar-refractivity contribution in [2.45, 2.75) is 18.3 Å². The van der Waals surface area contributed by atoms with Crippen LogP contribution in [0.15, 0.2) is 78.9 Å². The van der Waals surface area contributed by atoms with Crippen molar-refractivity contribution in [2.24, 2.45) is 0 Å². The van der Waals surface area contributed by atoms with Gasteiger partial charge in [-0.2, -0.15) is 0 Å². The van der Waals surface area contributed by atoms with Crippen molar-refractivity contribution >= 4 is 6.09 Å². The van der Waals surface area contributed by atoms with Gasteiger partial charge in [0.05, 0.1) is 0 Å². The maximum atomic E-state index is 12.6. The van der Waals surface area contributed by atoms with E-state index in [4.69, 9.17) is 9.47 Å². The summed E-state index contributed by atoms with van der Waals surface area (Å²) >= 11 is 0. The number of hydrogen-bond donors (Lipinski definition) is 0. The lowest BCUT2D eigenvalue weighted by molar-refractivity contribution is 0.127. The predicted octanol–water partition coefficient (Wildman–Crippen LogP) is 5.37. The first kappa shape index (κ1) is 16.9. The molecule has 0 aliphatic carbocycles. The van der Waals surface area contributed by atoms with Gasteiger partial charge in [-0.3, -0.25) is 0 Å². The molecule has 0 N–H and O–H groups in total. The van der Waals surface area contributed by atoms with Crippen LogP contribution < -0.4 is 9.47 Å². The smallest absolute Gasteiger partial charge is 0.415 e. The van der Waals surface area contributed by atoms with Crippen LogP contribution in [0.2, 0.25) is 0 Å². The second-order valence-corrected chi connectivity index (χ2v) is 7.34. The minimum Gasteiger partial charge on any atom is -0.457 e. The number of fused-ring (bicyclic) bond motifs is 4. The second kappa shape index (κ2) is 6.71. The average Bonchev–Trinajstić information content (AvgIpc) is 2.75. The zero-order valence-electron chi connectivity index (χ0n) is 15.5. The van der Waals surface area contributed by atoms with Crippen LogP contribution in [-0.4, -0.2) is 24.1 Å². The largest absolute Gasteiger partial charge is 0.457 e. The number of carbonyl (C=O) groups excluding carboxylic acids is 1. The van der Waals surface area contributed by atoms with Crippen LogP contribution in [0.3, 0.4) is 0 Å². The Kier molecular flexibility index (Phi) is 4.05. The predicted molar refractivity (Wildman–Crippen MR) is 107 cm³/mol. The van der Waals surface area contributed by atoms with Crippen molar-refractivity contribution in [3.63, 3.8) is 0 Å². The molecule has 3 aromatic rings. The molecular formula is C24H21NO3. The minimum absolute atomic E-state index is 0.130. The van der Waals surface area contributed by atoms with E-state index in [2.05, 4.69) is 24.3 Å². The molecule has 0 radical (unpaired) electrons. The van der Waals surface area contributed by atoms with Crippen molar-refractivity contribution < 1.29 is 14.3 Å². The zero-order chi connectivity index (χ0) is 19.0. The summed E-state index contributed by atoms with van der Waals surface area (Å²) < 4.78 is 11.7. The fourth-order valence-electron chi connectivity index (χ4n) is 4.43. The number of ether oxygens (including phenoxy) is 2. The Morgan fingerprint density at radius 1 is 0.786 bits per heavy atom. The van der Waals surface area contributed by atoms with E-state index in [-0.39, 0.29) is 11.5 Å². The van der Waals surface area contributed by atoms with E-state index in [1.807, 2.05) is 42.5 Å². The fraction of sp³-hybridized carbons (Fsp3) is 0.208. The molecule has 1 amide bonds. The third-order valence-electron chi connectivity index (χ3n) is 5.85. The Labute approximate surface area is 164 Å². The Balaban J connectivity index is 1.42. The molecule has 0 atom stereocenters. The monoisotopic (exact) mass is 371 g/mol. The maximum absolute atomic E-state index is 12.6. The number of likely N-dealkylation sites (tertiary alicyclic amines) is 1.